The van der Waals surface area contributed by atoms with Crippen LogP contribution in [0.15, 0.2) is 54.2 Å². The first-order chi connectivity index (χ1) is 16.6. The molecule has 1 aromatic heterocycles. The molecule has 9 heteroatoms. The summed E-state index contributed by atoms with van der Waals surface area (Å²) in [6.45, 7) is 3.04. The van der Waals surface area contributed by atoms with Crippen molar-refractivity contribution in [3.63, 3.8) is 0 Å². The molecule has 1 aliphatic rings. The van der Waals surface area contributed by atoms with Crippen molar-refractivity contribution in [1.82, 2.24) is 15.3 Å². The van der Waals surface area contributed by atoms with Crippen LogP contribution < -0.4 is 16.0 Å². The molecule has 2 aromatic carbocycles. The van der Waals surface area contributed by atoms with Crippen LogP contribution in [0, 0.1) is 11.2 Å². The number of rotatable bonds is 8. The molecule has 4 N–H and O–H groups in total. The van der Waals surface area contributed by atoms with Crippen molar-refractivity contribution in [2.75, 3.05) is 37.7 Å². The number of hydrogen-bond acceptors (Lipinski definition) is 7. The number of carbonyl (C=O) groups is 1. The minimum atomic E-state index is -0.320. The maximum atomic E-state index is 13.5. The van der Waals surface area contributed by atoms with Gasteiger partial charge in [0.05, 0.1) is 24.2 Å². The van der Waals surface area contributed by atoms with Gasteiger partial charge in [0.15, 0.2) is 5.82 Å². The average molecular weight is 463 g/mol. The lowest BCUT2D eigenvalue weighted by Gasteiger charge is -2.29. The molecule has 0 radical (unpaired) electrons. The Kier molecular flexibility index (Phi) is 7.44. The van der Waals surface area contributed by atoms with Crippen LogP contribution in [0.5, 0.6) is 0 Å². The molecular weight excluding hydrogens is 435 g/mol. The second kappa shape index (κ2) is 10.8. The van der Waals surface area contributed by atoms with E-state index in [2.05, 4.69) is 10.2 Å². The van der Waals surface area contributed by atoms with Gasteiger partial charge in [-0.15, -0.1) is 0 Å². The molecule has 1 aliphatic heterocycles. The number of aromatic nitrogens is 2. The van der Waals surface area contributed by atoms with Crippen LogP contribution in [0.25, 0.3) is 22.3 Å². The van der Waals surface area contributed by atoms with Crippen molar-refractivity contribution in [3.05, 3.63) is 65.6 Å². The molecule has 1 amide bonds. The van der Waals surface area contributed by atoms with Crippen LogP contribution in [-0.2, 0) is 4.74 Å². The molecule has 176 valence electrons. The standard InChI is InChI=1S/C25H27FN6O2/c26-20-6-3-18(4-7-20)23-24(32-10-12-34-13-11-32)31-21-8-5-19(14-22(21)30-23)25(33)29-9-1-2-17(15-27)16-28/h3-8,14-16,27H,1-2,9-13,28H2,(H,29,33)/b17-16-,27-15?. The first-order valence-corrected chi connectivity index (χ1v) is 11.2. The summed E-state index contributed by atoms with van der Waals surface area (Å²) >= 11 is 0. The number of allylic oxidation sites excluding steroid dienone is 1. The molecule has 0 spiro atoms. The Morgan fingerprint density at radius 1 is 1.15 bits per heavy atom. The Morgan fingerprint density at radius 3 is 2.62 bits per heavy atom. The number of hydrogen-bond donors (Lipinski definition) is 3. The van der Waals surface area contributed by atoms with E-state index in [4.69, 9.17) is 25.8 Å². The van der Waals surface area contributed by atoms with Gasteiger partial charge >= 0.3 is 0 Å². The fourth-order valence-electron chi connectivity index (χ4n) is 3.78. The second-order valence-corrected chi connectivity index (χ2v) is 7.95. The summed E-state index contributed by atoms with van der Waals surface area (Å²) in [5, 5.41) is 10.1. The van der Waals surface area contributed by atoms with Crippen molar-refractivity contribution < 1.29 is 13.9 Å². The number of ether oxygens (including phenoxy) is 1. The SMILES string of the molecule is N=C/C(=C\N)CCCNC(=O)c1ccc2nc(N3CCOCC3)c(-c3ccc(F)cc3)nc2c1. The molecule has 1 fully saturated rings. The quantitative estimate of drug-likeness (QED) is 0.349. The summed E-state index contributed by atoms with van der Waals surface area (Å²) in [4.78, 5) is 24.5. The van der Waals surface area contributed by atoms with Gasteiger partial charge in [0.1, 0.15) is 11.5 Å². The number of halogens is 1. The largest absolute Gasteiger partial charge is 0.404 e. The number of benzene rings is 2. The van der Waals surface area contributed by atoms with Gasteiger partial charge in [-0.2, -0.15) is 0 Å². The summed E-state index contributed by atoms with van der Waals surface area (Å²) in [6, 6.07) is 11.4. The van der Waals surface area contributed by atoms with Gasteiger partial charge in [-0.05, 0) is 67.1 Å². The summed E-state index contributed by atoms with van der Waals surface area (Å²) in [6.07, 6.45) is 3.92. The molecule has 0 aliphatic carbocycles. The Hall–Kier alpha value is -3.85. The highest BCUT2D eigenvalue weighted by Gasteiger charge is 2.20. The van der Waals surface area contributed by atoms with Gasteiger partial charge in [-0.3, -0.25) is 4.79 Å². The van der Waals surface area contributed by atoms with E-state index in [1.165, 1.54) is 24.5 Å². The number of amides is 1. The third kappa shape index (κ3) is 5.37. The van der Waals surface area contributed by atoms with Crippen LogP contribution in [0.3, 0.4) is 0 Å². The van der Waals surface area contributed by atoms with Gasteiger partial charge in [0.2, 0.25) is 0 Å². The topological polar surface area (TPSA) is 117 Å². The van der Waals surface area contributed by atoms with E-state index in [1.807, 2.05) is 0 Å². The Labute approximate surface area is 197 Å². The van der Waals surface area contributed by atoms with E-state index < -0.39 is 0 Å². The van der Waals surface area contributed by atoms with Crippen LogP contribution in [0.1, 0.15) is 23.2 Å². The number of nitrogens with zero attached hydrogens (tertiary/aromatic N) is 3. The summed E-state index contributed by atoms with van der Waals surface area (Å²) in [7, 11) is 0. The molecular formula is C25H27FN6O2. The molecule has 8 nitrogen and oxygen atoms in total. The fraction of sp³-hybridized carbons (Fsp3) is 0.280. The number of morpholine rings is 1. The lowest BCUT2D eigenvalue weighted by Crippen LogP contribution is -2.37. The van der Waals surface area contributed by atoms with Gasteiger partial charge in [-0.25, -0.2) is 14.4 Å². The predicted octanol–water partition coefficient (Wildman–Crippen LogP) is 3.27. The molecule has 1 saturated heterocycles. The highest BCUT2D eigenvalue weighted by molar-refractivity contribution is 5.98. The second-order valence-electron chi connectivity index (χ2n) is 7.95. The number of nitrogens with two attached hydrogens (primary N) is 1. The van der Waals surface area contributed by atoms with Crippen LogP contribution in [0.2, 0.25) is 0 Å². The molecule has 0 saturated carbocycles. The van der Waals surface area contributed by atoms with E-state index in [-0.39, 0.29) is 11.7 Å². The van der Waals surface area contributed by atoms with Gasteiger partial charge in [0.25, 0.3) is 5.91 Å². The van der Waals surface area contributed by atoms with Gasteiger partial charge in [-0.1, -0.05) is 0 Å². The van der Waals surface area contributed by atoms with E-state index in [0.29, 0.717) is 68.0 Å². The Bertz CT molecular complexity index is 1210. The zero-order valence-electron chi connectivity index (χ0n) is 18.8. The minimum absolute atomic E-state index is 0.211. The lowest BCUT2D eigenvalue weighted by molar-refractivity contribution is 0.0953. The summed E-state index contributed by atoms with van der Waals surface area (Å²) < 4.78 is 19.0. The molecule has 2 heterocycles. The summed E-state index contributed by atoms with van der Waals surface area (Å²) in [5.41, 5.74) is 9.30. The van der Waals surface area contributed by atoms with Crippen molar-refractivity contribution in [2.24, 2.45) is 5.73 Å². The lowest BCUT2D eigenvalue weighted by atomic mass is 10.1. The number of anilines is 1. The third-order valence-electron chi connectivity index (χ3n) is 5.66. The van der Waals surface area contributed by atoms with Crippen molar-refractivity contribution in [3.8, 4) is 11.3 Å². The monoisotopic (exact) mass is 462 g/mol. The van der Waals surface area contributed by atoms with Gasteiger partial charge < -0.3 is 26.1 Å². The highest BCUT2D eigenvalue weighted by Crippen LogP contribution is 2.30. The van der Waals surface area contributed by atoms with Gasteiger partial charge in [0, 0.05) is 37.0 Å². The molecule has 4 rings (SSSR count). The number of carbonyl (C=O) groups excluding carboxylic acids is 1. The summed E-state index contributed by atoms with van der Waals surface area (Å²) in [5.74, 6) is 0.186. The van der Waals surface area contributed by atoms with Crippen LogP contribution >= 0.6 is 0 Å². The van der Waals surface area contributed by atoms with Crippen molar-refractivity contribution in [1.29, 1.82) is 5.41 Å². The highest BCUT2D eigenvalue weighted by atomic mass is 19.1. The first-order valence-electron chi connectivity index (χ1n) is 11.2. The Balaban J connectivity index is 1.61. The molecule has 0 bridgehead atoms. The van der Waals surface area contributed by atoms with E-state index in [0.717, 1.165) is 17.0 Å². The molecule has 3 aromatic rings. The van der Waals surface area contributed by atoms with E-state index in [9.17, 15) is 9.18 Å². The Morgan fingerprint density at radius 2 is 1.91 bits per heavy atom. The molecule has 0 unspecified atom stereocenters. The van der Waals surface area contributed by atoms with Crippen molar-refractivity contribution in [2.45, 2.75) is 12.8 Å². The molecule has 34 heavy (non-hydrogen) atoms. The van der Waals surface area contributed by atoms with Crippen LogP contribution in [-0.4, -0.2) is 54.9 Å². The zero-order chi connectivity index (χ0) is 23.9. The third-order valence-corrected chi connectivity index (χ3v) is 5.66. The number of nitrogens with one attached hydrogen (secondary N) is 2. The van der Waals surface area contributed by atoms with E-state index in [1.54, 1.807) is 30.3 Å². The smallest absolute Gasteiger partial charge is 0.251 e. The van der Waals surface area contributed by atoms with Crippen molar-refractivity contribution >= 4 is 29.0 Å². The minimum Gasteiger partial charge on any atom is -0.404 e. The number of fused-ring (bicyclic) bond motifs is 1. The van der Waals surface area contributed by atoms with Crippen LogP contribution in [0.4, 0.5) is 10.2 Å². The average Bonchev–Trinajstić information content (AvgIpc) is 2.88. The zero-order valence-corrected chi connectivity index (χ0v) is 18.8. The fourth-order valence-corrected chi connectivity index (χ4v) is 3.78. The predicted molar refractivity (Wildman–Crippen MR) is 131 cm³/mol. The maximum Gasteiger partial charge on any atom is 0.251 e. The first kappa shape index (κ1) is 23.3. The normalized spacial score (nSPS) is 14.3. The van der Waals surface area contributed by atoms with E-state index >= 15 is 0 Å². The maximum absolute atomic E-state index is 13.5. The molecule has 0 atom stereocenters.